The summed E-state index contributed by atoms with van der Waals surface area (Å²) < 4.78 is 5.57. The van der Waals surface area contributed by atoms with Gasteiger partial charge in [0.05, 0.1) is 16.9 Å². The third-order valence-corrected chi connectivity index (χ3v) is 4.26. The summed E-state index contributed by atoms with van der Waals surface area (Å²) in [5, 5.41) is 7.76. The van der Waals surface area contributed by atoms with Crippen LogP contribution in [0, 0.1) is 0 Å². The maximum absolute atomic E-state index is 12.7. The number of hydrogen-bond donors (Lipinski definition) is 3. The van der Waals surface area contributed by atoms with Crippen molar-refractivity contribution in [1.82, 2.24) is 20.3 Å². The fourth-order valence-electron chi connectivity index (χ4n) is 2.56. The molecule has 11 heteroatoms. The number of hydrazone groups is 1. The zero-order chi connectivity index (χ0) is 20.3. The molecular formula is C17H17ClN6O4. The standard InChI is InChI=1S/C17H17ClN6O4/c1-9(25)24-17(28-16(23-24)11-4-2-3-5-12(11)18)15(27)22-13(14(19)26)6-10-7-20-8-21-10/h2-5,7-8,13,17H,6H2,1H3,(H2,19,26)(H,20,21)(H,22,27)/t13-,17?/m0/s1. The summed E-state index contributed by atoms with van der Waals surface area (Å²) in [5.41, 5.74) is 6.41. The third kappa shape index (κ3) is 4.12. The van der Waals surface area contributed by atoms with Crippen molar-refractivity contribution in [3.05, 3.63) is 53.1 Å². The summed E-state index contributed by atoms with van der Waals surface area (Å²) in [7, 11) is 0. The molecule has 28 heavy (non-hydrogen) atoms. The molecule has 2 aromatic rings. The van der Waals surface area contributed by atoms with Gasteiger partial charge in [-0.2, -0.15) is 5.01 Å². The highest BCUT2D eigenvalue weighted by molar-refractivity contribution is 6.33. The van der Waals surface area contributed by atoms with E-state index in [2.05, 4.69) is 20.4 Å². The minimum atomic E-state index is -1.40. The molecule has 0 radical (unpaired) electrons. The first-order valence-corrected chi connectivity index (χ1v) is 8.61. The van der Waals surface area contributed by atoms with E-state index in [9.17, 15) is 14.4 Å². The highest BCUT2D eigenvalue weighted by Gasteiger charge is 2.39. The van der Waals surface area contributed by atoms with Crippen LogP contribution >= 0.6 is 11.6 Å². The molecule has 2 atom stereocenters. The van der Waals surface area contributed by atoms with Crippen LogP contribution in [0.25, 0.3) is 0 Å². The van der Waals surface area contributed by atoms with E-state index < -0.39 is 30.0 Å². The van der Waals surface area contributed by atoms with Crippen LogP contribution in [-0.2, 0) is 25.5 Å². The van der Waals surface area contributed by atoms with Gasteiger partial charge in [0.1, 0.15) is 6.04 Å². The Bertz CT molecular complexity index is 929. The summed E-state index contributed by atoms with van der Waals surface area (Å²) in [4.78, 5) is 43.0. The molecule has 10 nitrogen and oxygen atoms in total. The minimum absolute atomic E-state index is 0.0187. The fourth-order valence-corrected chi connectivity index (χ4v) is 2.78. The number of nitrogens with two attached hydrogens (primary N) is 1. The fraction of sp³-hybridized carbons (Fsp3) is 0.235. The van der Waals surface area contributed by atoms with E-state index in [1.807, 2.05) is 0 Å². The highest BCUT2D eigenvalue weighted by Crippen LogP contribution is 2.23. The largest absolute Gasteiger partial charge is 0.440 e. The number of aromatic nitrogens is 2. The Morgan fingerprint density at radius 3 is 2.75 bits per heavy atom. The van der Waals surface area contributed by atoms with Crippen LogP contribution < -0.4 is 11.1 Å². The van der Waals surface area contributed by atoms with Crippen molar-refractivity contribution < 1.29 is 19.1 Å². The van der Waals surface area contributed by atoms with E-state index in [0.717, 1.165) is 5.01 Å². The van der Waals surface area contributed by atoms with E-state index in [1.165, 1.54) is 19.4 Å². The second-order valence-electron chi connectivity index (χ2n) is 5.96. The number of carbonyl (C=O) groups is 3. The number of aromatic amines is 1. The maximum Gasteiger partial charge on any atom is 0.285 e. The quantitative estimate of drug-likeness (QED) is 0.627. The SMILES string of the molecule is CC(=O)N1N=C(c2ccccc2Cl)OC1C(=O)N[C@@H](Cc1cnc[nH]1)C(N)=O. The van der Waals surface area contributed by atoms with Crippen molar-refractivity contribution in [2.45, 2.75) is 25.6 Å². The highest BCUT2D eigenvalue weighted by atomic mass is 35.5. The van der Waals surface area contributed by atoms with E-state index in [1.54, 1.807) is 24.3 Å². The van der Waals surface area contributed by atoms with Gasteiger partial charge in [0.15, 0.2) is 0 Å². The lowest BCUT2D eigenvalue weighted by atomic mass is 10.1. The number of rotatable bonds is 6. The molecule has 146 valence electrons. The monoisotopic (exact) mass is 404 g/mol. The Hall–Kier alpha value is -3.40. The maximum atomic E-state index is 12.7. The molecule has 0 saturated heterocycles. The topological polar surface area (TPSA) is 143 Å². The zero-order valence-electron chi connectivity index (χ0n) is 14.8. The molecule has 3 rings (SSSR count). The van der Waals surface area contributed by atoms with Gasteiger partial charge >= 0.3 is 0 Å². The van der Waals surface area contributed by atoms with Gasteiger partial charge in [0.2, 0.25) is 17.7 Å². The average Bonchev–Trinajstić information content (AvgIpc) is 3.31. The summed E-state index contributed by atoms with van der Waals surface area (Å²) in [6, 6.07) is 5.67. The number of nitrogens with one attached hydrogen (secondary N) is 2. The molecule has 0 fully saturated rings. The van der Waals surface area contributed by atoms with Gasteiger partial charge in [-0.15, -0.1) is 5.10 Å². The molecule has 2 heterocycles. The Morgan fingerprint density at radius 1 is 1.39 bits per heavy atom. The molecule has 3 amide bonds. The molecule has 0 aliphatic carbocycles. The molecule has 1 aromatic carbocycles. The van der Waals surface area contributed by atoms with Gasteiger partial charge in [-0.05, 0) is 12.1 Å². The average molecular weight is 405 g/mol. The van der Waals surface area contributed by atoms with Crippen LogP contribution in [0.5, 0.6) is 0 Å². The third-order valence-electron chi connectivity index (χ3n) is 3.93. The lowest BCUT2D eigenvalue weighted by Crippen LogP contribution is -2.53. The van der Waals surface area contributed by atoms with Crippen molar-refractivity contribution in [1.29, 1.82) is 0 Å². The van der Waals surface area contributed by atoms with Gasteiger partial charge in [0, 0.05) is 25.2 Å². The van der Waals surface area contributed by atoms with E-state index >= 15 is 0 Å². The van der Waals surface area contributed by atoms with E-state index in [-0.39, 0.29) is 12.3 Å². The normalized spacial score (nSPS) is 16.9. The van der Waals surface area contributed by atoms with Crippen molar-refractivity contribution in [2.24, 2.45) is 10.8 Å². The number of H-pyrrole nitrogens is 1. The lowest BCUT2D eigenvalue weighted by Gasteiger charge is -2.21. The summed E-state index contributed by atoms with van der Waals surface area (Å²) >= 11 is 6.13. The van der Waals surface area contributed by atoms with Crippen LogP contribution in [0.1, 0.15) is 18.2 Å². The molecule has 4 N–H and O–H groups in total. The van der Waals surface area contributed by atoms with Gasteiger partial charge in [0.25, 0.3) is 12.1 Å². The molecule has 0 bridgehead atoms. The Labute approximate surface area is 164 Å². The second-order valence-corrected chi connectivity index (χ2v) is 6.37. The number of nitrogens with zero attached hydrogens (tertiary/aromatic N) is 3. The van der Waals surface area contributed by atoms with Crippen molar-refractivity contribution in [3.8, 4) is 0 Å². The van der Waals surface area contributed by atoms with Crippen LogP contribution in [0.3, 0.4) is 0 Å². The van der Waals surface area contributed by atoms with Gasteiger partial charge in [-0.3, -0.25) is 14.4 Å². The van der Waals surface area contributed by atoms with Gasteiger partial charge in [-0.25, -0.2) is 4.98 Å². The van der Waals surface area contributed by atoms with E-state index in [4.69, 9.17) is 22.1 Å². The lowest BCUT2D eigenvalue weighted by molar-refractivity contribution is -0.147. The molecule has 1 aliphatic rings. The number of carbonyl (C=O) groups excluding carboxylic acids is 3. The predicted octanol–water partition coefficient (Wildman–Crippen LogP) is 0.142. The molecule has 1 unspecified atom stereocenters. The summed E-state index contributed by atoms with van der Waals surface area (Å²) in [5.74, 6) is -2.00. The molecule has 0 saturated carbocycles. The Kier molecular flexibility index (Phi) is 5.59. The van der Waals surface area contributed by atoms with E-state index in [0.29, 0.717) is 16.3 Å². The van der Waals surface area contributed by atoms with Crippen LogP contribution in [0.15, 0.2) is 41.9 Å². The first kappa shape index (κ1) is 19.4. The first-order valence-electron chi connectivity index (χ1n) is 8.23. The van der Waals surface area contributed by atoms with Crippen LogP contribution in [-0.4, -0.2) is 50.9 Å². The van der Waals surface area contributed by atoms with Crippen molar-refractivity contribution >= 4 is 35.2 Å². The Balaban J connectivity index is 1.77. The summed E-state index contributed by atoms with van der Waals surface area (Å²) in [6.07, 6.45) is 1.66. The number of imidazole rings is 1. The smallest absolute Gasteiger partial charge is 0.285 e. The van der Waals surface area contributed by atoms with Crippen LogP contribution in [0.4, 0.5) is 0 Å². The molecular weight excluding hydrogens is 388 g/mol. The minimum Gasteiger partial charge on any atom is -0.440 e. The van der Waals surface area contributed by atoms with Gasteiger partial charge in [-0.1, -0.05) is 23.7 Å². The van der Waals surface area contributed by atoms with Gasteiger partial charge < -0.3 is 20.8 Å². The number of hydrogen-bond acceptors (Lipinski definition) is 6. The molecule has 0 spiro atoms. The number of benzene rings is 1. The molecule has 1 aromatic heterocycles. The zero-order valence-corrected chi connectivity index (χ0v) is 15.5. The van der Waals surface area contributed by atoms with Crippen molar-refractivity contribution in [2.75, 3.05) is 0 Å². The van der Waals surface area contributed by atoms with Crippen molar-refractivity contribution in [3.63, 3.8) is 0 Å². The number of amides is 3. The first-order chi connectivity index (χ1) is 13.4. The Morgan fingerprint density at radius 2 is 2.14 bits per heavy atom. The second kappa shape index (κ2) is 8.09. The predicted molar refractivity (Wildman–Crippen MR) is 98.8 cm³/mol. The summed E-state index contributed by atoms with van der Waals surface area (Å²) in [6.45, 7) is 1.23. The number of ether oxygens (including phenoxy) is 1. The number of primary amides is 1. The number of halogens is 1. The van der Waals surface area contributed by atoms with Crippen LogP contribution in [0.2, 0.25) is 5.02 Å². The molecule has 1 aliphatic heterocycles.